The number of rotatable bonds is 5. The highest BCUT2D eigenvalue weighted by atomic mass is 79.9. The monoisotopic (exact) mass is 390 g/mol. The Balaban J connectivity index is 2.11. The van der Waals surface area contributed by atoms with Crippen LogP contribution >= 0.6 is 27.5 Å². The quantitative estimate of drug-likeness (QED) is 0.478. The Morgan fingerprint density at radius 2 is 2.17 bits per heavy atom. The summed E-state index contributed by atoms with van der Waals surface area (Å²) in [6.45, 7) is 0.147. The smallest absolute Gasteiger partial charge is 0.272 e. The lowest BCUT2D eigenvalue weighted by atomic mass is 10.2. The molecule has 0 bridgehead atoms. The maximum absolute atomic E-state index is 12.0. The second kappa shape index (κ2) is 8.37. The highest BCUT2D eigenvalue weighted by Crippen LogP contribution is 2.21. The summed E-state index contributed by atoms with van der Waals surface area (Å²) < 4.78 is 6.27. The van der Waals surface area contributed by atoms with Crippen molar-refractivity contribution in [2.45, 2.75) is 0 Å². The third-order valence-corrected chi connectivity index (χ3v) is 3.59. The van der Waals surface area contributed by atoms with Gasteiger partial charge >= 0.3 is 0 Å². The van der Waals surface area contributed by atoms with Gasteiger partial charge in [-0.2, -0.15) is 5.10 Å². The van der Waals surface area contributed by atoms with Gasteiger partial charge in [-0.1, -0.05) is 45.6 Å². The molecule has 1 N–H and O–H groups in total. The first-order valence-corrected chi connectivity index (χ1v) is 7.72. The summed E-state index contributed by atoms with van der Waals surface area (Å²) in [5.41, 5.74) is 3.45. The molecular weight excluding hydrogens is 380 g/mol. The molecule has 2 aromatic rings. The third-order valence-electron chi connectivity index (χ3n) is 2.77. The Morgan fingerprint density at radius 1 is 1.39 bits per heavy atom. The average molecular weight is 392 g/mol. The van der Waals surface area contributed by atoms with Crippen molar-refractivity contribution in [1.29, 1.82) is 0 Å². The maximum atomic E-state index is 12.0. The minimum absolute atomic E-state index is 0.147. The zero-order chi connectivity index (χ0) is 16.7. The van der Waals surface area contributed by atoms with Crippen LogP contribution in [0, 0.1) is 12.3 Å². The lowest BCUT2D eigenvalue weighted by Crippen LogP contribution is -2.18. The average Bonchev–Trinajstić information content (AvgIpc) is 2.54. The first-order valence-electron chi connectivity index (χ1n) is 6.55. The van der Waals surface area contributed by atoms with Crippen molar-refractivity contribution in [3.63, 3.8) is 0 Å². The summed E-state index contributed by atoms with van der Waals surface area (Å²) >= 11 is 9.33. The van der Waals surface area contributed by atoms with E-state index in [1.165, 1.54) is 6.21 Å². The molecule has 0 aliphatic rings. The third kappa shape index (κ3) is 4.85. The number of carbonyl (C=O) groups excluding carboxylic acids is 1. The van der Waals surface area contributed by atoms with Gasteiger partial charge in [-0.15, -0.1) is 6.42 Å². The molecule has 0 aliphatic carbocycles. The van der Waals surface area contributed by atoms with Crippen LogP contribution in [0.15, 0.2) is 52.0 Å². The van der Waals surface area contributed by atoms with Crippen molar-refractivity contribution in [1.82, 2.24) is 5.43 Å². The van der Waals surface area contributed by atoms with Crippen molar-refractivity contribution in [3.8, 4) is 18.1 Å². The Kier molecular flexibility index (Phi) is 6.21. The van der Waals surface area contributed by atoms with E-state index in [9.17, 15) is 4.79 Å². The van der Waals surface area contributed by atoms with Crippen molar-refractivity contribution in [3.05, 3.63) is 63.1 Å². The van der Waals surface area contributed by atoms with E-state index in [2.05, 4.69) is 32.4 Å². The standard InChI is InChI=1S/C17H12BrClN2O2/c1-2-9-23-16-8-7-13(18)10-12(16)11-20-21-17(22)14-5-3-4-6-15(14)19/h1,3-8,10-11H,9H2,(H,21,22)/b20-11-. The molecule has 0 atom stereocenters. The van der Waals surface area contributed by atoms with Gasteiger partial charge in [0.25, 0.3) is 5.91 Å². The van der Waals surface area contributed by atoms with E-state index >= 15 is 0 Å². The molecule has 6 heteroatoms. The van der Waals surface area contributed by atoms with Gasteiger partial charge in [-0.25, -0.2) is 5.43 Å². The van der Waals surface area contributed by atoms with Gasteiger partial charge in [0.05, 0.1) is 16.8 Å². The van der Waals surface area contributed by atoms with Gasteiger partial charge in [0.1, 0.15) is 12.4 Å². The summed E-state index contributed by atoms with van der Waals surface area (Å²) in [6, 6.07) is 12.1. The first-order chi connectivity index (χ1) is 11.1. The van der Waals surface area contributed by atoms with Crippen LogP contribution in [0.3, 0.4) is 0 Å². The minimum Gasteiger partial charge on any atom is -0.480 e. The van der Waals surface area contributed by atoms with E-state index in [1.807, 2.05) is 6.07 Å². The molecular formula is C17H12BrClN2O2. The van der Waals surface area contributed by atoms with E-state index in [0.717, 1.165) is 4.47 Å². The Bertz CT molecular complexity index is 784. The van der Waals surface area contributed by atoms with Crippen molar-refractivity contribution in [2.24, 2.45) is 5.10 Å². The number of hydrazone groups is 1. The fraction of sp³-hybridized carbons (Fsp3) is 0.0588. The predicted octanol–water partition coefficient (Wildman–Crippen LogP) is 3.88. The number of ether oxygens (including phenoxy) is 1. The number of nitrogens with one attached hydrogen (secondary N) is 1. The number of halogens is 2. The molecule has 0 radical (unpaired) electrons. The summed E-state index contributed by atoms with van der Waals surface area (Å²) in [5, 5.41) is 4.29. The summed E-state index contributed by atoms with van der Waals surface area (Å²) in [7, 11) is 0. The normalized spacial score (nSPS) is 10.3. The van der Waals surface area contributed by atoms with E-state index in [4.69, 9.17) is 22.8 Å². The Morgan fingerprint density at radius 3 is 2.91 bits per heavy atom. The van der Waals surface area contributed by atoms with Gasteiger partial charge in [0.2, 0.25) is 0 Å². The Labute approximate surface area is 147 Å². The van der Waals surface area contributed by atoms with E-state index in [1.54, 1.807) is 36.4 Å². The van der Waals surface area contributed by atoms with Crippen molar-refractivity contribution >= 4 is 39.7 Å². The number of benzene rings is 2. The summed E-state index contributed by atoms with van der Waals surface area (Å²) in [6.07, 6.45) is 6.66. The molecule has 0 saturated carbocycles. The molecule has 23 heavy (non-hydrogen) atoms. The second-order valence-corrected chi connectivity index (χ2v) is 5.68. The van der Waals surface area contributed by atoms with Gasteiger partial charge in [-0.05, 0) is 30.3 Å². The Hall–Kier alpha value is -2.29. The van der Waals surface area contributed by atoms with E-state index in [0.29, 0.717) is 21.9 Å². The zero-order valence-electron chi connectivity index (χ0n) is 11.9. The van der Waals surface area contributed by atoms with Crippen LogP contribution in [-0.4, -0.2) is 18.7 Å². The number of hydrogen-bond acceptors (Lipinski definition) is 3. The maximum Gasteiger partial charge on any atom is 0.272 e. The van der Waals surface area contributed by atoms with Crippen LogP contribution in [0.4, 0.5) is 0 Å². The lowest BCUT2D eigenvalue weighted by molar-refractivity contribution is 0.0955. The highest BCUT2D eigenvalue weighted by Gasteiger charge is 2.08. The molecule has 0 heterocycles. The number of amides is 1. The van der Waals surface area contributed by atoms with Crippen molar-refractivity contribution < 1.29 is 9.53 Å². The van der Waals surface area contributed by atoms with Crippen LogP contribution < -0.4 is 10.2 Å². The molecule has 1 amide bonds. The number of nitrogens with zero attached hydrogens (tertiary/aromatic N) is 1. The molecule has 0 unspecified atom stereocenters. The number of hydrogen-bond donors (Lipinski definition) is 1. The van der Waals surface area contributed by atoms with Crippen LogP contribution in [0.1, 0.15) is 15.9 Å². The van der Waals surface area contributed by atoms with Gasteiger partial charge in [-0.3, -0.25) is 4.79 Å². The predicted molar refractivity (Wildman–Crippen MR) is 95.0 cm³/mol. The first kappa shape index (κ1) is 17.1. The largest absolute Gasteiger partial charge is 0.480 e. The molecule has 4 nitrogen and oxygen atoms in total. The second-order valence-electron chi connectivity index (χ2n) is 4.35. The molecule has 0 aromatic heterocycles. The molecule has 0 saturated heterocycles. The fourth-order valence-corrected chi connectivity index (χ4v) is 2.34. The molecule has 0 spiro atoms. The summed E-state index contributed by atoms with van der Waals surface area (Å²) in [4.78, 5) is 12.0. The van der Waals surface area contributed by atoms with Gasteiger partial charge < -0.3 is 4.74 Å². The molecule has 2 rings (SSSR count). The number of carbonyl (C=O) groups is 1. The molecule has 0 aliphatic heterocycles. The van der Waals surface area contributed by atoms with Crippen LogP contribution in [0.25, 0.3) is 0 Å². The van der Waals surface area contributed by atoms with Gasteiger partial charge in [0.15, 0.2) is 0 Å². The van der Waals surface area contributed by atoms with E-state index < -0.39 is 5.91 Å². The van der Waals surface area contributed by atoms with Crippen molar-refractivity contribution in [2.75, 3.05) is 6.61 Å². The molecule has 2 aromatic carbocycles. The lowest BCUT2D eigenvalue weighted by Gasteiger charge is -2.07. The van der Waals surface area contributed by atoms with Crippen LogP contribution in [0.2, 0.25) is 5.02 Å². The summed E-state index contributed by atoms with van der Waals surface area (Å²) in [5.74, 6) is 2.57. The molecule has 0 fully saturated rings. The highest BCUT2D eigenvalue weighted by molar-refractivity contribution is 9.10. The minimum atomic E-state index is -0.395. The SMILES string of the molecule is C#CCOc1ccc(Br)cc1/C=N\NC(=O)c1ccccc1Cl. The fourth-order valence-electron chi connectivity index (χ4n) is 1.74. The van der Waals surface area contributed by atoms with E-state index in [-0.39, 0.29) is 6.61 Å². The zero-order valence-corrected chi connectivity index (χ0v) is 14.3. The van der Waals surface area contributed by atoms with Gasteiger partial charge in [0, 0.05) is 10.0 Å². The van der Waals surface area contributed by atoms with Crippen LogP contribution in [-0.2, 0) is 0 Å². The number of terminal acetylenes is 1. The van der Waals surface area contributed by atoms with Crippen LogP contribution in [0.5, 0.6) is 5.75 Å². The molecule has 116 valence electrons. The topological polar surface area (TPSA) is 50.7 Å².